The lowest BCUT2D eigenvalue weighted by Crippen LogP contribution is -2.48. The van der Waals surface area contributed by atoms with Crippen molar-refractivity contribution in [1.82, 2.24) is 15.1 Å². The zero-order valence-electron chi connectivity index (χ0n) is 16.6. The molecule has 2 unspecified atom stereocenters. The molecule has 0 aromatic heterocycles. The number of hydrogen-bond acceptors (Lipinski definition) is 2. The number of halogens is 1. The molecule has 1 N–H and O–H groups in total. The molecule has 27 heavy (non-hydrogen) atoms. The highest BCUT2D eigenvalue weighted by atomic mass is 127. The summed E-state index contributed by atoms with van der Waals surface area (Å²) in [7, 11) is 0. The Balaban J connectivity index is 0.00000261. The van der Waals surface area contributed by atoms with Crippen molar-refractivity contribution in [3.05, 3.63) is 35.9 Å². The summed E-state index contributed by atoms with van der Waals surface area (Å²) in [5.74, 6) is 2.20. The fourth-order valence-corrected chi connectivity index (χ4v) is 4.17. The predicted octanol–water partition coefficient (Wildman–Crippen LogP) is 3.32. The Kier molecular flexibility index (Phi) is 8.86. The second-order valence-corrected chi connectivity index (χ2v) is 7.49. The van der Waals surface area contributed by atoms with Gasteiger partial charge in [-0.2, -0.15) is 0 Å². The Hall–Kier alpha value is -1.31. The molecule has 150 valence electrons. The van der Waals surface area contributed by atoms with E-state index in [9.17, 15) is 4.79 Å². The van der Waals surface area contributed by atoms with Crippen LogP contribution >= 0.6 is 24.0 Å². The summed E-state index contributed by atoms with van der Waals surface area (Å²) in [6.45, 7) is 9.23. The number of rotatable bonds is 4. The third-order valence-electron chi connectivity index (χ3n) is 5.59. The van der Waals surface area contributed by atoms with Gasteiger partial charge < -0.3 is 15.1 Å². The molecule has 0 bridgehead atoms. The normalized spacial score (nSPS) is 23.1. The fourth-order valence-electron chi connectivity index (χ4n) is 4.17. The Bertz CT molecular complexity index is 616. The minimum Gasteiger partial charge on any atom is -0.357 e. The zero-order valence-corrected chi connectivity index (χ0v) is 18.9. The topological polar surface area (TPSA) is 47.9 Å². The number of guanidine groups is 1. The molecule has 1 aromatic carbocycles. The van der Waals surface area contributed by atoms with Gasteiger partial charge in [0.2, 0.25) is 5.91 Å². The summed E-state index contributed by atoms with van der Waals surface area (Å²) >= 11 is 0. The smallest absolute Gasteiger partial charge is 0.244 e. The number of carbonyl (C=O) groups is 1. The van der Waals surface area contributed by atoms with Gasteiger partial charge in [0, 0.05) is 32.7 Å². The van der Waals surface area contributed by atoms with Crippen molar-refractivity contribution in [1.29, 1.82) is 0 Å². The number of nitrogens with zero attached hydrogens (tertiary/aromatic N) is 3. The average Bonchev–Trinajstić information content (AvgIpc) is 3.20. The van der Waals surface area contributed by atoms with Crippen molar-refractivity contribution in [3.63, 3.8) is 0 Å². The van der Waals surface area contributed by atoms with Crippen LogP contribution in [-0.4, -0.2) is 60.9 Å². The number of piperidine rings is 1. The fraction of sp³-hybridized carbons (Fsp3) is 0.619. The average molecular weight is 484 g/mol. The molecule has 2 saturated heterocycles. The van der Waals surface area contributed by atoms with E-state index in [0.717, 1.165) is 57.9 Å². The van der Waals surface area contributed by atoms with E-state index in [1.807, 2.05) is 4.90 Å². The van der Waals surface area contributed by atoms with Gasteiger partial charge in [-0.1, -0.05) is 37.3 Å². The summed E-state index contributed by atoms with van der Waals surface area (Å²) in [4.78, 5) is 21.2. The van der Waals surface area contributed by atoms with Crippen LogP contribution in [0.4, 0.5) is 0 Å². The third kappa shape index (κ3) is 5.83. The molecule has 1 amide bonds. The van der Waals surface area contributed by atoms with Crippen LogP contribution in [0.3, 0.4) is 0 Å². The molecule has 1 aromatic rings. The highest BCUT2D eigenvalue weighted by Crippen LogP contribution is 2.32. The van der Waals surface area contributed by atoms with Crippen molar-refractivity contribution in [2.45, 2.75) is 39.0 Å². The van der Waals surface area contributed by atoms with Crippen LogP contribution in [0, 0.1) is 5.92 Å². The SMILES string of the molecule is CCNC(=NCC(=O)N1CCCC1)N1CCC(c2ccccc2)C(C)C1.I. The molecule has 5 nitrogen and oxygen atoms in total. The number of benzene rings is 1. The molecule has 6 heteroatoms. The van der Waals surface area contributed by atoms with Gasteiger partial charge in [-0.15, -0.1) is 24.0 Å². The van der Waals surface area contributed by atoms with Crippen LogP contribution < -0.4 is 5.32 Å². The van der Waals surface area contributed by atoms with Gasteiger partial charge in [0.15, 0.2) is 5.96 Å². The van der Waals surface area contributed by atoms with Crippen LogP contribution in [0.15, 0.2) is 35.3 Å². The quantitative estimate of drug-likeness (QED) is 0.406. The molecule has 2 fully saturated rings. The first-order chi connectivity index (χ1) is 12.7. The number of carbonyl (C=O) groups excluding carboxylic acids is 1. The summed E-state index contributed by atoms with van der Waals surface area (Å²) in [5, 5.41) is 3.38. The van der Waals surface area contributed by atoms with Crippen LogP contribution in [0.1, 0.15) is 44.6 Å². The number of aliphatic imine (C=N–C) groups is 1. The lowest BCUT2D eigenvalue weighted by molar-refractivity contribution is -0.128. The summed E-state index contributed by atoms with van der Waals surface area (Å²) in [6.07, 6.45) is 3.37. The first-order valence-corrected chi connectivity index (χ1v) is 10.0. The second kappa shape index (κ2) is 10.9. The van der Waals surface area contributed by atoms with Gasteiger partial charge >= 0.3 is 0 Å². The Morgan fingerprint density at radius 3 is 2.48 bits per heavy atom. The van der Waals surface area contributed by atoms with E-state index < -0.39 is 0 Å². The molecule has 2 aliphatic heterocycles. The van der Waals surface area contributed by atoms with Gasteiger partial charge in [-0.05, 0) is 43.6 Å². The Morgan fingerprint density at radius 1 is 1.15 bits per heavy atom. The minimum atomic E-state index is 0. The summed E-state index contributed by atoms with van der Waals surface area (Å²) in [6, 6.07) is 10.8. The van der Waals surface area contributed by atoms with Crippen molar-refractivity contribution in [2.75, 3.05) is 39.3 Å². The highest BCUT2D eigenvalue weighted by Gasteiger charge is 2.29. The first kappa shape index (κ1) is 22.0. The maximum Gasteiger partial charge on any atom is 0.244 e. The van der Waals surface area contributed by atoms with E-state index in [-0.39, 0.29) is 36.4 Å². The van der Waals surface area contributed by atoms with Crippen molar-refractivity contribution >= 4 is 35.8 Å². The maximum atomic E-state index is 12.3. The van der Waals surface area contributed by atoms with Crippen LogP contribution in [0.2, 0.25) is 0 Å². The van der Waals surface area contributed by atoms with E-state index >= 15 is 0 Å². The number of likely N-dealkylation sites (tertiary alicyclic amines) is 2. The van der Waals surface area contributed by atoms with E-state index in [0.29, 0.717) is 11.8 Å². The van der Waals surface area contributed by atoms with Crippen LogP contribution in [0.5, 0.6) is 0 Å². The standard InChI is InChI=1S/C21H32N4O.HI/c1-3-22-21(23-15-20(26)24-12-7-8-13-24)25-14-11-19(17(2)16-25)18-9-5-4-6-10-18;/h4-6,9-10,17,19H,3,7-8,11-16H2,1-2H3,(H,22,23);1H. The van der Waals surface area contributed by atoms with Crippen molar-refractivity contribution in [2.24, 2.45) is 10.9 Å². The molecule has 0 aliphatic carbocycles. The van der Waals surface area contributed by atoms with Crippen LogP contribution in [0.25, 0.3) is 0 Å². The summed E-state index contributed by atoms with van der Waals surface area (Å²) < 4.78 is 0. The molecule has 2 aliphatic rings. The van der Waals surface area contributed by atoms with Crippen LogP contribution in [-0.2, 0) is 4.79 Å². The van der Waals surface area contributed by atoms with E-state index in [4.69, 9.17) is 0 Å². The van der Waals surface area contributed by atoms with E-state index in [1.54, 1.807) is 0 Å². The van der Waals surface area contributed by atoms with Gasteiger partial charge in [0.25, 0.3) is 0 Å². The number of nitrogens with one attached hydrogen (secondary N) is 1. The molecule has 0 radical (unpaired) electrons. The highest BCUT2D eigenvalue weighted by molar-refractivity contribution is 14.0. The lowest BCUT2D eigenvalue weighted by atomic mass is 9.82. The molecule has 3 rings (SSSR count). The Labute approximate surface area is 180 Å². The monoisotopic (exact) mass is 484 g/mol. The van der Waals surface area contributed by atoms with E-state index in [1.165, 1.54) is 5.56 Å². The zero-order chi connectivity index (χ0) is 18.4. The third-order valence-corrected chi connectivity index (χ3v) is 5.59. The molecular weight excluding hydrogens is 451 g/mol. The minimum absolute atomic E-state index is 0. The summed E-state index contributed by atoms with van der Waals surface area (Å²) in [5.41, 5.74) is 1.44. The van der Waals surface area contributed by atoms with Gasteiger partial charge in [0.05, 0.1) is 0 Å². The first-order valence-electron chi connectivity index (χ1n) is 10.0. The van der Waals surface area contributed by atoms with E-state index in [2.05, 4.69) is 59.4 Å². The molecular formula is C21H33IN4O. The van der Waals surface area contributed by atoms with Gasteiger partial charge in [-0.3, -0.25) is 4.79 Å². The van der Waals surface area contributed by atoms with Gasteiger partial charge in [0.1, 0.15) is 6.54 Å². The van der Waals surface area contributed by atoms with Gasteiger partial charge in [-0.25, -0.2) is 4.99 Å². The molecule has 0 saturated carbocycles. The van der Waals surface area contributed by atoms with Crippen molar-refractivity contribution in [3.8, 4) is 0 Å². The molecule has 0 spiro atoms. The predicted molar refractivity (Wildman–Crippen MR) is 122 cm³/mol. The molecule has 2 atom stereocenters. The second-order valence-electron chi connectivity index (χ2n) is 7.49. The lowest BCUT2D eigenvalue weighted by Gasteiger charge is -2.39. The Morgan fingerprint density at radius 2 is 1.85 bits per heavy atom. The largest absolute Gasteiger partial charge is 0.357 e. The van der Waals surface area contributed by atoms with Crippen molar-refractivity contribution < 1.29 is 4.79 Å². The molecule has 2 heterocycles. The maximum absolute atomic E-state index is 12.3. The number of amides is 1. The number of hydrogen-bond donors (Lipinski definition) is 1.